The van der Waals surface area contributed by atoms with E-state index in [-0.39, 0.29) is 13.2 Å². The molecule has 1 fully saturated rings. The second-order valence-electron chi connectivity index (χ2n) is 3.57. The van der Waals surface area contributed by atoms with Crippen LogP contribution in [0.2, 0.25) is 0 Å². The van der Waals surface area contributed by atoms with E-state index in [0.29, 0.717) is 0 Å². The number of ketones is 2. The van der Waals surface area contributed by atoms with Gasteiger partial charge in [0.2, 0.25) is 0 Å². The lowest BCUT2D eigenvalue weighted by Gasteiger charge is -2.14. The van der Waals surface area contributed by atoms with Gasteiger partial charge in [-0.05, 0) is 13.8 Å². The number of carbonyl (C=O) groups excluding carboxylic acids is 4. The highest BCUT2D eigenvalue weighted by atomic mass is 16.5. The molecule has 2 unspecified atom stereocenters. The highest BCUT2D eigenvalue weighted by molar-refractivity contribution is 6.22. The zero-order valence-electron chi connectivity index (χ0n) is 9.73. The zero-order chi connectivity index (χ0) is 13.0. The van der Waals surface area contributed by atoms with Crippen molar-refractivity contribution in [3.05, 3.63) is 0 Å². The molecule has 94 valence electrons. The number of ether oxygens (including phenoxy) is 2. The molecule has 0 spiro atoms. The average Bonchev–Trinajstić information content (AvgIpc) is 2.54. The van der Waals surface area contributed by atoms with Crippen LogP contribution in [-0.2, 0) is 28.7 Å². The molecule has 0 aromatic rings. The second kappa shape index (κ2) is 5.56. The van der Waals surface area contributed by atoms with Crippen molar-refractivity contribution in [3.8, 4) is 0 Å². The van der Waals surface area contributed by atoms with Crippen LogP contribution in [0.15, 0.2) is 0 Å². The number of rotatable bonds is 4. The molecule has 0 aromatic heterocycles. The lowest BCUT2D eigenvalue weighted by atomic mass is 9.95. The van der Waals surface area contributed by atoms with Gasteiger partial charge in [-0.25, -0.2) is 0 Å². The maximum absolute atomic E-state index is 11.5. The van der Waals surface area contributed by atoms with Gasteiger partial charge in [-0.2, -0.15) is 0 Å². The van der Waals surface area contributed by atoms with Crippen molar-refractivity contribution in [2.45, 2.75) is 20.3 Å². The van der Waals surface area contributed by atoms with E-state index in [1.54, 1.807) is 13.8 Å². The lowest BCUT2D eigenvalue weighted by molar-refractivity contribution is -0.162. The molecule has 1 aliphatic rings. The fraction of sp³-hybridized carbons (Fsp3) is 0.636. The molecule has 17 heavy (non-hydrogen) atoms. The third-order valence-corrected chi connectivity index (χ3v) is 2.46. The first-order chi connectivity index (χ1) is 8.02. The highest BCUT2D eigenvalue weighted by Gasteiger charge is 2.51. The first-order valence-electron chi connectivity index (χ1n) is 5.41. The van der Waals surface area contributed by atoms with E-state index in [1.165, 1.54) is 0 Å². The fourth-order valence-electron chi connectivity index (χ4n) is 1.76. The second-order valence-corrected chi connectivity index (χ2v) is 3.57. The molecule has 6 nitrogen and oxygen atoms in total. The third kappa shape index (κ3) is 2.69. The SMILES string of the molecule is CCOC(=O)C1C(=O)CC(=O)C1C(=O)OCC. The molecule has 0 N–H and O–H groups in total. The molecule has 0 bridgehead atoms. The Labute approximate surface area is 98.3 Å². The Kier molecular flexibility index (Phi) is 4.37. The molecule has 0 aliphatic heterocycles. The molecule has 0 heterocycles. The molecule has 1 aliphatic carbocycles. The van der Waals surface area contributed by atoms with Crippen LogP contribution in [0.3, 0.4) is 0 Å². The molecule has 0 aromatic carbocycles. The van der Waals surface area contributed by atoms with Crippen LogP contribution in [0.4, 0.5) is 0 Å². The molecular weight excluding hydrogens is 228 g/mol. The molecular formula is C11H14O6. The van der Waals surface area contributed by atoms with Gasteiger partial charge in [0, 0.05) is 0 Å². The zero-order valence-corrected chi connectivity index (χ0v) is 9.73. The fourth-order valence-corrected chi connectivity index (χ4v) is 1.76. The lowest BCUT2D eigenvalue weighted by Crippen LogP contribution is -2.34. The minimum absolute atomic E-state index is 0.0896. The summed E-state index contributed by atoms with van der Waals surface area (Å²) in [6, 6.07) is 0. The van der Waals surface area contributed by atoms with Crippen LogP contribution in [0.25, 0.3) is 0 Å². The van der Waals surface area contributed by atoms with Crippen LogP contribution in [-0.4, -0.2) is 36.7 Å². The van der Waals surface area contributed by atoms with Crippen molar-refractivity contribution in [3.63, 3.8) is 0 Å². The van der Waals surface area contributed by atoms with Crippen molar-refractivity contribution >= 4 is 23.5 Å². The Balaban J connectivity index is 2.90. The van der Waals surface area contributed by atoms with Gasteiger partial charge in [0.15, 0.2) is 11.6 Å². The summed E-state index contributed by atoms with van der Waals surface area (Å²) in [7, 11) is 0. The topological polar surface area (TPSA) is 86.7 Å². The number of carbonyl (C=O) groups is 4. The third-order valence-electron chi connectivity index (χ3n) is 2.46. The van der Waals surface area contributed by atoms with Gasteiger partial charge >= 0.3 is 11.9 Å². The van der Waals surface area contributed by atoms with E-state index >= 15 is 0 Å². The summed E-state index contributed by atoms with van der Waals surface area (Å²) < 4.78 is 9.37. The van der Waals surface area contributed by atoms with Crippen LogP contribution in [0.5, 0.6) is 0 Å². The van der Waals surface area contributed by atoms with Gasteiger partial charge < -0.3 is 9.47 Å². The number of esters is 2. The largest absolute Gasteiger partial charge is 0.465 e. The monoisotopic (exact) mass is 242 g/mol. The normalized spacial score (nSPS) is 23.6. The Hall–Kier alpha value is -1.72. The van der Waals surface area contributed by atoms with E-state index in [9.17, 15) is 19.2 Å². The van der Waals surface area contributed by atoms with Gasteiger partial charge in [-0.15, -0.1) is 0 Å². The number of hydrogen-bond donors (Lipinski definition) is 0. The van der Waals surface area contributed by atoms with E-state index in [0.717, 1.165) is 0 Å². The van der Waals surface area contributed by atoms with E-state index < -0.39 is 41.8 Å². The van der Waals surface area contributed by atoms with Crippen molar-refractivity contribution in [2.75, 3.05) is 13.2 Å². The summed E-state index contributed by atoms with van der Waals surface area (Å²) >= 11 is 0. The summed E-state index contributed by atoms with van der Waals surface area (Å²) in [6.07, 6.45) is -0.410. The quantitative estimate of drug-likeness (QED) is 0.505. The minimum Gasteiger partial charge on any atom is -0.465 e. The summed E-state index contributed by atoms with van der Waals surface area (Å²) in [6.45, 7) is 3.34. The van der Waals surface area contributed by atoms with Crippen LogP contribution < -0.4 is 0 Å². The molecule has 1 saturated carbocycles. The van der Waals surface area contributed by atoms with Gasteiger partial charge in [0.25, 0.3) is 0 Å². The predicted molar refractivity (Wildman–Crippen MR) is 54.9 cm³/mol. The van der Waals surface area contributed by atoms with Crippen molar-refractivity contribution < 1.29 is 28.7 Å². The molecule has 6 heteroatoms. The summed E-state index contributed by atoms with van der Waals surface area (Å²) in [5.74, 6) is -5.48. The number of hydrogen-bond acceptors (Lipinski definition) is 6. The first-order valence-corrected chi connectivity index (χ1v) is 5.41. The van der Waals surface area contributed by atoms with Crippen LogP contribution >= 0.6 is 0 Å². The average molecular weight is 242 g/mol. The Morgan fingerprint density at radius 2 is 1.35 bits per heavy atom. The van der Waals surface area contributed by atoms with Crippen LogP contribution in [0.1, 0.15) is 20.3 Å². The Bertz CT molecular complexity index is 325. The predicted octanol–water partition coefficient (Wildman–Crippen LogP) is -0.113. The maximum atomic E-state index is 11.5. The smallest absolute Gasteiger partial charge is 0.317 e. The van der Waals surface area contributed by atoms with Crippen LogP contribution in [0, 0.1) is 11.8 Å². The van der Waals surface area contributed by atoms with Crippen molar-refractivity contribution in [1.82, 2.24) is 0 Å². The molecule has 2 atom stereocenters. The van der Waals surface area contributed by atoms with Gasteiger partial charge in [-0.3, -0.25) is 19.2 Å². The summed E-state index contributed by atoms with van der Waals surface area (Å²) in [5.41, 5.74) is 0. The minimum atomic E-state index is -1.33. The molecule has 0 saturated heterocycles. The Morgan fingerprint density at radius 3 is 1.65 bits per heavy atom. The number of Topliss-reactive ketones (excluding diaryl/α,β-unsaturated/α-hetero) is 2. The van der Waals surface area contributed by atoms with E-state index in [1.807, 2.05) is 0 Å². The van der Waals surface area contributed by atoms with E-state index in [2.05, 4.69) is 9.47 Å². The first kappa shape index (κ1) is 13.3. The molecule has 1 rings (SSSR count). The summed E-state index contributed by atoms with van der Waals surface area (Å²) in [4.78, 5) is 46.0. The van der Waals surface area contributed by atoms with Gasteiger partial charge in [-0.1, -0.05) is 0 Å². The van der Waals surface area contributed by atoms with Gasteiger partial charge in [0.1, 0.15) is 11.8 Å². The van der Waals surface area contributed by atoms with Crippen molar-refractivity contribution in [1.29, 1.82) is 0 Å². The van der Waals surface area contributed by atoms with E-state index in [4.69, 9.17) is 0 Å². The molecule has 0 amide bonds. The molecule has 0 radical (unpaired) electrons. The highest BCUT2D eigenvalue weighted by Crippen LogP contribution is 2.28. The van der Waals surface area contributed by atoms with Gasteiger partial charge in [0.05, 0.1) is 19.6 Å². The Morgan fingerprint density at radius 1 is 1.00 bits per heavy atom. The summed E-state index contributed by atoms with van der Waals surface area (Å²) in [5, 5.41) is 0. The maximum Gasteiger partial charge on any atom is 0.317 e. The van der Waals surface area contributed by atoms with Crippen molar-refractivity contribution in [2.24, 2.45) is 11.8 Å². The standard InChI is InChI=1S/C11H14O6/c1-3-16-10(14)8-6(12)5-7(13)9(8)11(15)17-4-2/h8-9H,3-5H2,1-2H3.